The highest BCUT2D eigenvalue weighted by molar-refractivity contribution is 6.31. The zero-order valence-corrected chi connectivity index (χ0v) is 11.0. The van der Waals surface area contributed by atoms with Gasteiger partial charge in [0.05, 0.1) is 6.54 Å². The molecule has 0 radical (unpaired) electrons. The largest absolute Gasteiger partial charge is 0.264 e. The van der Waals surface area contributed by atoms with Crippen LogP contribution in [0.1, 0.15) is 5.56 Å². The number of halogens is 2. The molecule has 3 aromatic rings. The summed E-state index contributed by atoms with van der Waals surface area (Å²) in [7, 11) is 0. The van der Waals surface area contributed by atoms with Crippen molar-refractivity contribution >= 4 is 11.6 Å². The molecular weight excluding hydrogens is 281 g/mol. The molecule has 0 saturated heterocycles. The van der Waals surface area contributed by atoms with E-state index < -0.39 is 5.82 Å². The van der Waals surface area contributed by atoms with Crippen molar-refractivity contribution in [3.05, 3.63) is 59.1 Å². The second kappa shape index (κ2) is 5.34. The number of aromatic nitrogens is 5. The topological polar surface area (TPSA) is 56.5 Å². The fourth-order valence-electron chi connectivity index (χ4n) is 1.75. The summed E-state index contributed by atoms with van der Waals surface area (Å²) >= 11 is 5.96. The Morgan fingerprint density at radius 1 is 1.20 bits per heavy atom. The molecule has 0 amide bonds. The highest BCUT2D eigenvalue weighted by atomic mass is 35.5. The van der Waals surface area contributed by atoms with Gasteiger partial charge < -0.3 is 0 Å². The zero-order valence-electron chi connectivity index (χ0n) is 10.2. The van der Waals surface area contributed by atoms with Crippen molar-refractivity contribution < 1.29 is 4.39 Å². The van der Waals surface area contributed by atoms with Crippen LogP contribution >= 0.6 is 11.6 Å². The van der Waals surface area contributed by atoms with E-state index in [9.17, 15) is 4.39 Å². The number of benzene rings is 1. The highest BCUT2D eigenvalue weighted by Crippen LogP contribution is 2.20. The van der Waals surface area contributed by atoms with Crippen LogP contribution in [0.25, 0.3) is 11.4 Å². The summed E-state index contributed by atoms with van der Waals surface area (Å²) in [5, 5.41) is 12.3. The molecule has 0 aliphatic heterocycles. The smallest absolute Gasteiger partial charge is 0.206 e. The van der Waals surface area contributed by atoms with E-state index in [1.807, 2.05) is 6.07 Å². The van der Waals surface area contributed by atoms with E-state index in [0.29, 0.717) is 16.4 Å². The number of rotatable bonds is 3. The minimum Gasteiger partial charge on any atom is -0.264 e. The van der Waals surface area contributed by atoms with Gasteiger partial charge in [0.1, 0.15) is 5.82 Å². The fraction of sp³-hybridized carbons (Fsp3) is 0.0769. The Kier molecular flexibility index (Phi) is 3.39. The molecule has 0 N–H and O–H groups in total. The molecule has 0 atom stereocenters. The molecule has 0 saturated carbocycles. The molecule has 2 aromatic heterocycles. The molecule has 5 nitrogen and oxygen atoms in total. The standard InChI is InChI=1S/C13H9ClFN5/c14-11-4-1-5-12(15)10(11)8-20-18-13(17-19-20)9-3-2-6-16-7-9/h1-7H,8H2. The number of pyridine rings is 1. The van der Waals surface area contributed by atoms with Gasteiger partial charge in [-0.2, -0.15) is 4.80 Å². The van der Waals surface area contributed by atoms with E-state index in [2.05, 4.69) is 20.4 Å². The highest BCUT2D eigenvalue weighted by Gasteiger charge is 2.11. The Morgan fingerprint density at radius 3 is 2.85 bits per heavy atom. The van der Waals surface area contributed by atoms with Crippen LogP contribution in [-0.2, 0) is 6.54 Å². The average Bonchev–Trinajstić information content (AvgIpc) is 2.93. The number of tetrazole rings is 1. The Hall–Kier alpha value is -2.34. The summed E-state index contributed by atoms with van der Waals surface area (Å²) in [5.41, 5.74) is 1.09. The van der Waals surface area contributed by atoms with Crippen LogP contribution in [0.5, 0.6) is 0 Å². The van der Waals surface area contributed by atoms with Gasteiger partial charge in [-0.15, -0.1) is 10.2 Å². The predicted octanol–water partition coefficient (Wildman–Crippen LogP) is 2.58. The Labute approximate surface area is 119 Å². The molecule has 1 aromatic carbocycles. The lowest BCUT2D eigenvalue weighted by atomic mass is 10.2. The maximum atomic E-state index is 13.7. The third kappa shape index (κ3) is 2.50. The van der Waals surface area contributed by atoms with Gasteiger partial charge in [-0.3, -0.25) is 4.98 Å². The second-order valence-corrected chi connectivity index (χ2v) is 4.49. The molecule has 0 spiro atoms. The summed E-state index contributed by atoms with van der Waals surface area (Å²) < 4.78 is 13.7. The summed E-state index contributed by atoms with van der Waals surface area (Å²) in [6.45, 7) is 0.124. The van der Waals surface area contributed by atoms with Crippen molar-refractivity contribution in [3.63, 3.8) is 0 Å². The minimum absolute atomic E-state index is 0.124. The average molecular weight is 290 g/mol. The van der Waals surface area contributed by atoms with Crippen LogP contribution in [0.4, 0.5) is 4.39 Å². The van der Waals surface area contributed by atoms with Crippen molar-refractivity contribution in [1.82, 2.24) is 25.2 Å². The molecule has 2 heterocycles. The molecule has 0 fully saturated rings. The van der Waals surface area contributed by atoms with Gasteiger partial charge in [0.2, 0.25) is 5.82 Å². The minimum atomic E-state index is -0.391. The number of hydrogen-bond acceptors (Lipinski definition) is 4. The molecule has 0 bridgehead atoms. The normalized spacial score (nSPS) is 10.7. The van der Waals surface area contributed by atoms with Crippen LogP contribution in [0, 0.1) is 5.82 Å². The number of nitrogens with zero attached hydrogens (tertiary/aromatic N) is 5. The zero-order chi connectivity index (χ0) is 13.9. The first-order chi connectivity index (χ1) is 9.74. The Morgan fingerprint density at radius 2 is 2.10 bits per heavy atom. The molecule has 20 heavy (non-hydrogen) atoms. The van der Waals surface area contributed by atoms with Crippen molar-refractivity contribution in [2.24, 2.45) is 0 Å². The molecule has 100 valence electrons. The maximum Gasteiger partial charge on any atom is 0.206 e. The van der Waals surface area contributed by atoms with E-state index in [4.69, 9.17) is 11.6 Å². The molecule has 7 heteroatoms. The maximum absolute atomic E-state index is 13.7. The summed E-state index contributed by atoms with van der Waals surface area (Å²) in [5.74, 6) is 0.0447. The molecular formula is C13H9ClFN5. The van der Waals surface area contributed by atoms with Gasteiger partial charge >= 0.3 is 0 Å². The summed E-state index contributed by atoms with van der Waals surface area (Å²) in [6.07, 6.45) is 3.30. The van der Waals surface area contributed by atoms with Crippen molar-refractivity contribution in [3.8, 4) is 11.4 Å². The lowest BCUT2D eigenvalue weighted by Gasteiger charge is -2.03. The quantitative estimate of drug-likeness (QED) is 0.743. The van der Waals surface area contributed by atoms with E-state index in [1.54, 1.807) is 30.6 Å². The van der Waals surface area contributed by atoms with Crippen LogP contribution in [-0.4, -0.2) is 25.2 Å². The van der Waals surface area contributed by atoms with Gasteiger partial charge in [-0.1, -0.05) is 17.7 Å². The molecule has 0 aliphatic rings. The molecule has 0 aliphatic carbocycles. The SMILES string of the molecule is Fc1cccc(Cl)c1Cn1nnc(-c2cccnc2)n1. The van der Waals surface area contributed by atoms with Crippen molar-refractivity contribution in [2.45, 2.75) is 6.54 Å². The van der Waals surface area contributed by atoms with Gasteiger partial charge in [0.15, 0.2) is 0 Å². The Bertz CT molecular complexity index is 708. The van der Waals surface area contributed by atoms with Gasteiger partial charge in [-0.05, 0) is 29.5 Å². The third-order valence-corrected chi connectivity index (χ3v) is 3.09. The third-order valence-electron chi connectivity index (χ3n) is 2.73. The van der Waals surface area contributed by atoms with Crippen LogP contribution in [0.15, 0.2) is 42.7 Å². The van der Waals surface area contributed by atoms with Gasteiger partial charge in [-0.25, -0.2) is 4.39 Å². The first-order valence-electron chi connectivity index (χ1n) is 5.85. The number of hydrogen-bond donors (Lipinski definition) is 0. The molecule has 0 unspecified atom stereocenters. The molecule has 3 rings (SSSR count). The van der Waals surface area contributed by atoms with E-state index >= 15 is 0 Å². The van der Waals surface area contributed by atoms with Crippen LogP contribution in [0.3, 0.4) is 0 Å². The monoisotopic (exact) mass is 289 g/mol. The first-order valence-corrected chi connectivity index (χ1v) is 6.23. The predicted molar refractivity (Wildman–Crippen MR) is 71.6 cm³/mol. The van der Waals surface area contributed by atoms with Crippen LogP contribution < -0.4 is 0 Å². The van der Waals surface area contributed by atoms with Crippen LogP contribution in [0.2, 0.25) is 5.02 Å². The lowest BCUT2D eigenvalue weighted by Crippen LogP contribution is -2.06. The van der Waals surface area contributed by atoms with Gasteiger partial charge in [0.25, 0.3) is 0 Å². The second-order valence-electron chi connectivity index (χ2n) is 4.09. The van der Waals surface area contributed by atoms with Crippen molar-refractivity contribution in [2.75, 3.05) is 0 Å². The summed E-state index contributed by atoms with van der Waals surface area (Å²) in [4.78, 5) is 5.28. The summed E-state index contributed by atoms with van der Waals surface area (Å²) in [6, 6.07) is 8.13. The van der Waals surface area contributed by atoms with Crippen molar-refractivity contribution in [1.29, 1.82) is 0 Å². The van der Waals surface area contributed by atoms with E-state index in [0.717, 1.165) is 5.56 Å². The Balaban J connectivity index is 1.88. The first kappa shape index (κ1) is 12.7. The fourth-order valence-corrected chi connectivity index (χ4v) is 1.97. The van der Waals surface area contributed by atoms with E-state index in [-0.39, 0.29) is 6.54 Å². The van der Waals surface area contributed by atoms with Gasteiger partial charge in [0, 0.05) is 28.5 Å². The lowest BCUT2D eigenvalue weighted by molar-refractivity contribution is 0.539. The van der Waals surface area contributed by atoms with E-state index in [1.165, 1.54) is 10.9 Å².